The SMILES string of the molecule is NS(=O)(=O)c1ccc(NC(=O)CSc2cccs2)cc1. The first kappa shape index (κ1) is 15.0. The molecule has 5 nitrogen and oxygen atoms in total. The summed E-state index contributed by atoms with van der Waals surface area (Å²) < 4.78 is 23.3. The maximum atomic E-state index is 11.7. The van der Waals surface area contributed by atoms with Gasteiger partial charge in [0.25, 0.3) is 0 Å². The standard InChI is InChI=1S/C12H12N2O3S3/c13-20(16,17)10-5-3-9(4-6-10)14-11(15)8-19-12-2-1-7-18-12/h1-7H,8H2,(H,14,15)(H2,13,16,17). The number of carbonyl (C=O) groups is 1. The van der Waals surface area contributed by atoms with Crippen LogP contribution >= 0.6 is 23.1 Å². The topological polar surface area (TPSA) is 89.3 Å². The minimum Gasteiger partial charge on any atom is -0.325 e. The van der Waals surface area contributed by atoms with Crippen molar-refractivity contribution in [1.82, 2.24) is 0 Å². The average molecular weight is 328 g/mol. The van der Waals surface area contributed by atoms with Crippen LogP contribution in [0.3, 0.4) is 0 Å². The zero-order chi connectivity index (χ0) is 14.6. The molecule has 0 radical (unpaired) electrons. The zero-order valence-electron chi connectivity index (χ0n) is 10.3. The molecule has 0 fully saturated rings. The first-order valence-corrected chi connectivity index (χ1v) is 8.95. The lowest BCUT2D eigenvalue weighted by Crippen LogP contribution is -2.15. The van der Waals surface area contributed by atoms with E-state index in [0.29, 0.717) is 11.4 Å². The Labute approximate surface area is 125 Å². The number of primary sulfonamides is 1. The summed E-state index contributed by atoms with van der Waals surface area (Å²) >= 11 is 3.03. The van der Waals surface area contributed by atoms with Crippen LogP contribution in [0.4, 0.5) is 5.69 Å². The number of thiophene rings is 1. The molecular weight excluding hydrogens is 316 g/mol. The molecule has 0 aliphatic rings. The number of benzene rings is 1. The Hall–Kier alpha value is -1.35. The molecule has 0 saturated heterocycles. The van der Waals surface area contributed by atoms with Crippen LogP contribution in [0.15, 0.2) is 50.9 Å². The van der Waals surface area contributed by atoms with Crippen LogP contribution in [0.5, 0.6) is 0 Å². The van der Waals surface area contributed by atoms with Gasteiger partial charge in [-0.2, -0.15) is 0 Å². The second-order valence-corrected chi connectivity index (χ2v) is 7.62. The third-order valence-corrected chi connectivity index (χ3v) is 5.37. The van der Waals surface area contributed by atoms with Crippen molar-refractivity contribution in [3.8, 4) is 0 Å². The highest BCUT2D eigenvalue weighted by Crippen LogP contribution is 2.23. The number of hydrogen-bond acceptors (Lipinski definition) is 5. The average Bonchev–Trinajstić information content (AvgIpc) is 2.89. The Morgan fingerprint density at radius 1 is 1.25 bits per heavy atom. The molecule has 106 valence electrons. The highest BCUT2D eigenvalue weighted by molar-refractivity contribution is 8.01. The molecular formula is C12H12N2O3S3. The Balaban J connectivity index is 1.91. The lowest BCUT2D eigenvalue weighted by atomic mass is 10.3. The second kappa shape index (κ2) is 6.40. The lowest BCUT2D eigenvalue weighted by Gasteiger charge is -2.05. The van der Waals surface area contributed by atoms with E-state index < -0.39 is 10.0 Å². The summed E-state index contributed by atoms with van der Waals surface area (Å²) in [5.41, 5.74) is 0.536. The summed E-state index contributed by atoms with van der Waals surface area (Å²) in [6, 6.07) is 9.61. The van der Waals surface area contributed by atoms with Gasteiger partial charge in [0.2, 0.25) is 15.9 Å². The molecule has 1 heterocycles. The number of rotatable bonds is 5. The molecule has 20 heavy (non-hydrogen) atoms. The van der Waals surface area contributed by atoms with E-state index in [9.17, 15) is 13.2 Å². The van der Waals surface area contributed by atoms with Crippen LogP contribution in [-0.2, 0) is 14.8 Å². The van der Waals surface area contributed by atoms with E-state index in [4.69, 9.17) is 5.14 Å². The van der Waals surface area contributed by atoms with E-state index in [1.165, 1.54) is 36.0 Å². The Morgan fingerprint density at radius 2 is 1.95 bits per heavy atom. The monoisotopic (exact) mass is 328 g/mol. The van der Waals surface area contributed by atoms with Crippen LogP contribution in [0, 0.1) is 0 Å². The molecule has 2 aromatic rings. The molecule has 0 aliphatic carbocycles. The van der Waals surface area contributed by atoms with Gasteiger partial charge < -0.3 is 5.32 Å². The summed E-state index contributed by atoms with van der Waals surface area (Å²) in [5, 5.41) is 9.64. The van der Waals surface area contributed by atoms with Gasteiger partial charge in [0.1, 0.15) is 0 Å². The quantitative estimate of drug-likeness (QED) is 0.823. The van der Waals surface area contributed by atoms with Crippen LogP contribution in [0.25, 0.3) is 0 Å². The first-order valence-electron chi connectivity index (χ1n) is 5.54. The highest BCUT2D eigenvalue weighted by Gasteiger charge is 2.08. The number of hydrogen-bond donors (Lipinski definition) is 2. The lowest BCUT2D eigenvalue weighted by molar-refractivity contribution is -0.113. The van der Waals surface area contributed by atoms with Crippen LogP contribution < -0.4 is 10.5 Å². The normalized spacial score (nSPS) is 11.2. The summed E-state index contributed by atoms with van der Waals surface area (Å²) in [4.78, 5) is 11.7. The Kier molecular flexibility index (Phi) is 4.81. The van der Waals surface area contributed by atoms with Crippen molar-refractivity contribution in [1.29, 1.82) is 0 Å². The molecule has 2 rings (SSSR count). The van der Waals surface area contributed by atoms with Crippen molar-refractivity contribution < 1.29 is 13.2 Å². The van der Waals surface area contributed by atoms with Gasteiger partial charge >= 0.3 is 0 Å². The molecule has 0 aliphatic heterocycles. The van der Waals surface area contributed by atoms with Gasteiger partial charge in [-0.15, -0.1) is 23.1 Å². The fourth-order valence-corrected chi connectivity index (χ4v) is 3.51. The highest BCUT2D eigenvalue weighted by atomic mass is 32.2. The predicted octanol–water partition coefficient (Wildman–Crippen LogP) is 2.13. The Morgan fingerprint density at radius 3 is 2.50 bits per heavy atom. The van der Waals surface area contributed by atoms with E-state index in [1.807, 2.05) is 17.5 Å². The minimum atomic E-state index is -3.70. The van der Waals surface area contributed by atoms with E-state index in [2.05, 4.69) is 5.32 Å². The molecule has 0 spiro atoms. The molecule has 0 unspecified atom stereocenters. The smallest absolute Gasteiger partial charge is 0.238 e. The summed E-state index contributed by atoms with van der Waals surface area (Å²) in [6.45, 7) is 0. The molecule has 1 aromatic heterocycles. The van der Waals surface area contributed by atoms with E-state index in [-0.39, 0.29) is 10.8 Å². The summed E-state index contributed by atoms with van der Waals surface area (Å²) in [7, 11) is -3.70. The van der Waals surface area contributed by atoms with Gasteiger partial charge in [-0.3, -0.25) is 4.79 Å². The number of nitrogens with one attached hydrogen (secondary N) is 1. The number of anilines is 1. The van der Waals surface area contributed by atoms with Crippen molar-refractivity contribution in [2.45, 2.75) is 9.10 Å². The molecule has 1 amide bonds. The molecule has 0 atom stereocenters. The van der Waals surface area contributed by atoms with Crippen molar-refractivity contribution in [2.75, 3.05) is 11.1 Å². The maximum Gasteiger partial charge on any atom is 0.238 e. The van der Waals surface area contributed by atoms with Crippen molar-refractivity contribution in [2.24, 2.45) is 5.14 Å². The molecule has 0 saturated carbocycles. The van der Waals surface area contributed by atoms with Gasteiger partial charge in [-0.25, -0.2) is 13.6 Å². The van der Waals surface area contributed by atoms with Gasteiger partial charge in [0.15, 0.2) is 0 Å². The van der Waals surface area contributed by atoms with Crippen molar-refractivity contribution in [3.05, 3.63) is 41.8 Å². The minimum absolute atomic E-state index is 0.0171. The number of thioether (sulfide) groups is 1. The molecule has 8 heteroatoms. The van der Waals surface area contributed by atoms with Crippen LogP contribution in [-0.4, -0.2) is 20.1 Å². The number of amides is 1. The van der Waals surface area contributed by atoms with E-state index >= 15 is 0 Å². The molecule has 1 aromatic carbocycles. The second-order valence-electron chi connectivity index (χ2n) is 3.84. The van der Waals surface area contributed by atoms with Gasteiger partial charge in [0, 0.05) is 5.69 Å². The third kappa shape index (κ3) is 4.34. The molecule has 3 N–H and O–H groups in total. The largest absolute Gasteiger partial charge is 0.325 e. The number of sulfonamides is 1. The third-order valence-electron chi connectivity index (χ3n) is 2.31. The van der Waals surface area contributed by atoms with E-state index in [1.54, 1.807) is 11.3 Å². The summed E-state index contributed by atoms with van der Waals surface area (Å²) in [6.07, 6.45) is 0. The summed E-state index contributed by atoms with van der Waals surface area (Å²) in [5.74, 6) is 0.157. The van der Waals surface area contributed by atoms with Crippen molar-refractivity contribution >= 4 is 44.7 Å². The maximum absolute atomic E-state index is 11.7. The van der Waals surface area contributed by atoms with Crippen LogP contribution in [0.1, 0.15) is 0 Å². The fraction of sp³-hybridized carbons (Fsp3) is 0.0833. The van der Waals surface area contributed by atoms with E-state index in [0.717, 1.165) is 4.21 Å². The first-order chi connectivity index (χ1) is 9.45. The Bertz CT molecular complexity index is 679. The molecule has 0 bridgehead atoms. The fourth-order valence-electron chi connectivity index (χ4n) is 1.41. The van der Waals surface area contributed by atoms with Crippen molar-refractivity contribution in [3.63, 3.8) is 0 Å². The zero-order valence-corrected chi connectivity index (χ0v) is 12.7. The predicted molar refractivity (Wildman–Crippen MR) is 81.5 cm³/mol. The van der Waals surface area contributed by atoms with Gasteiger partial charge in [-0.05, 0) is 35.7 Å². The van der Waals surface area contributed by atoms with Gasteiger partial charge in [-0.1, -0.05) is 6.07 Å². The van der Waals surface area contributed by atoms with Gasteiger partial charge in [0.05, 0.1) is 14.9 Å². The number of nitrogens with two attached hydrogens (primary N) is 1. The number of carbonyl (C=O) groups excluding carboxylic acids is 1. The van der Waals surface area contributed by atoms with Crippen LogP contribution in [0.2, 0.25) is 0 Å².